The highest BCUT2D eigenvalue weighted by Gasteiger charge is 2.24. The van der Waals surface area contributed by atoms with Gasteiger partial charge in [-0.25, -0.2) is 14.4 Å². The zero-order chi connectivity index (χ0) is 25.6. The van der Waals surface area contributed by atoms with Gasteiger partial charge in [-0.2, -0.15) is 4.98 Å². The maximum atomic E-state index is 13.1. The van der Waals surface area contributed by atoms with Crippen LogP contribution in [0, 0.1) is 12.7 Å². The van der Waals surface area contributed by atoms with Crippen LogP contribution >= 0.6 is 0 Å². The van der Waals surface area contributed by atoms with Gasteiger partial charge in [0, 0.05) is 42.3 Å². The molecule has 9 nitrogen and oxygen atoms in total. The van der Waals surface area contributed by atoms with Gasteiger partial charge in [-0.15, -0.1) is 0 Å². The van der Waals surface area contributed by atoms with Gasteiger partial charge in [0.05, 0.1) is 12.2 Å². The number of hydrogen-bond donors (Lipinski definition) is 3. The van der Waals surface area contributed by atoms with Crippen molar-refractivity contribution in [1.29, 1.82) is 0 Å². The van der Waals surface area contributed by atoms with E-state index in [0.717, 1.165) is 36.5 Å². The number of aryl methyl sites for hydroxylation is 1. The molecule has 0 spiro atoms. The first-order chi connectivity index (χ1) is 18.0. The second-order valence-electron chi connectivity index (χ2n) is 8.95. The average molecular weight is 502 g/mol. The number of oxazole rings is 1. The summed E-state index contributed by atoms with van der Waals surface area (Å²) >= 11 is 0. The van der Waals surface area contributed by atoms with Crippen molar-refractivity contribution in [3.8, 4) is 0 Å². The van der Waals surface area contributed by atoms with Crippen molar-refractivity contribution in [1.82, 2.24) is 25.2 Å². The third-order valence-electron chi connectivity index (χ3n) is 6.08. The van der Waals surface area contributed by atoms with Crippen LogP contribution in [0.25, 0.3) is 0 Å². The normalized spacial score (nSPS) is 15.4. The van der Waals surface area contributed by atoms with Crippen LogP contribution < -0.4 is 16.0 Å². The monoisotopic (exact) mass is 501 g/mol. The lowest BCUT2D eigenvalue weighted by Gasteiger charge is -2.33. The van der Waals surface area contributed by atoms with Crippen LogP contribution in [0.2, 0.25) is 0 Å². The summed E-state index contributed by atoms with van der Waals surface area (Å²) in [5.41, 5.74) is 2.96. The van der Waals surface area contributed by atoms with Gasteiger partial charge in [-0.1, -0.05) is 0 Å². The standard InChI is InChI=1S/C27H28FN7O2/c1-18-17-37-25(31-18)15-30-23-3-2-14-35(16-23)26(36)19-4-8-22(9-5-19)33-27-29-13-12-24(34-27)32-21-10-6-20(28)7-11-21/h4-13,17,23,30H,2-3,14-16H2,1H3,(H2,29,32,33,34). The highest BCUT2D eigenvalue weighted by Crippen LogP contribution is 2.20. The van der Waals surface area contributed by atoms with Crippen LogP contribution in [0.4, 0.5) is 27.5 Å². The predicted octanol–water partition coefficient (Wildman–Crippen LogP) is 4.79. The second kappa shape index (κ2) is 11.2. The third kappa shape index (κ3) is 6.47. The minimum absolute atomic E-state index is 0.00626. The molecule has 190 valence electrons. The number of anilines is 4. The minimum Gasteiger partial charge on any atom is -0.447 e. The van der Waals surface area contributed by atoms with E-state index in [9.17, 15) is 9.18 Å². The molecule has 3 heterocycles. The quantitative estimate of drug-likeness (QED) is 0.316. The Bertz CT molecular complexity index is 1340. The fraction of sp³-hybridized carbons (Fsp3) is 0.259. The second-order valence-corrected chi connectivity index (χ2v) is 8.95. The predicted molar refractivity (Wildman–Crippen MR) is 138 cm³/mol. The highest BCUT2D eigenvalue weighted by molar-refractivity contribution is 5.94. The van der Waals surface area contributed by atoms with E-state index in [4.69, 9.17) is 4.42 Å². The fourth-order valence-electron chi connectivity index (χ4n) is 4.22. The first-order valence-electron chi connectivity index (χ1n) is 12.2. The highest BCUT2D eigenvalue weighted by atomic mass is 19.1. The number of amides is 1. The molecule has 0 bridgehead atoms. The molecule has 2 aromatic heterocycles. The molecular formula is C27H28FN7O2. The Labute approximate surface area is 214 Å². The van der Waals surface area contributed by atoms with Gasteiger partial charge < -0.3 is 25.3 Å². The lowest BCUT2D eigenvalue weighted by molar-refractivity contribution is 0.0693. The Hall–Kier alpha value is -4.31. The van der Waals surface area contributed by atoms with Gasteiger partial charge in [-0.05, 0) is 74.4 Å². The van der Waals surface area contributed by atoms with Crippen LogP contribution in [0.15, 0.2) is 71.5 Å². The zero-order valence-corrected chi connectivity index (χ0v) is 20.4. The molecule has 10 heteroatoms. The molecule has 0 aliphatic carbocycles. The van der Waals surface area contributed by atoms with Crippen molar-refractivity contribution in [2.75, 3.05) is 23.7 Å². The molecule has 2 aromatic carbocycles. The maximum absolute atomic E-state index is 13.1. The van der Waals surface area contributed by atoms with Crippen molar-refractivity contribution in [2.45, 2.75) is 32.4 Å². The SMILES string of the molecule is Cc1coc(CNC2CCCN(C(=O)c3ccc(Nc4nccc(Nc5ccc(F)cc5)n4)cc3)C2)n1. The Morgan fingerprint density at radius 3 is 2.57 bits per heavy atom. The number of halogens is 1. The molecule has 1 aliphatic heterocycles. The van der Waals surface area contributed by atoms with E-state index in [1.165, 1.54) is 12.1 Å². The molecule has 37 heavy (non-hydrogen) atoms. The van der Waals surface area contributed by atoms with E-state index in [1.807, 2.05) is 24.0 Å². The summed E-state index contributed by atoms with van der Waals surface area (Å²) in [6.45, 7) is 3.81. The number of nitrogens with one attached hydrogen (secondary N) is 3. The number of nitrogens with zero attached hydrogens (tertiary/aromatic N) is 4. The third-order valence-corrected chi connectivity index (χ3v) is 6.08. The summed E-state index contributed by atoms with van der Waals surface area (Å²) in [4.78, 5) is 28.0. The molecular weight excluding hydrogens is 473 g/mol. The molecule has 1 saturated heterocycles. The Morgan fingerprint density at radius 2 is 1.81 bits per heavy atom. The summed E-state index contributed by atoms with van der Waals surface area (Å²) in [5.74, 6) is 1.34. The number of carbonyl (C=O) groups is 1. The van der Waals surface area contributed by atoms with Gasteiger partial charge in [0.15, 0.2) is 0 Å². The number of rotatable bonds is 8. The van der Waals surface area contributed by atoms with Crippen molar-refractivity contribution < 1.29 is 13.6 Å². The number of benzene rings is 2. The Balaban J connectivity index is 1.16. The van der Waals surface area contributed by atoms with E-state index in [1.54, 1.807) is 42.8 Å². The molecule has 1 fully saturated rings. The number of likely N-dealkylation sites (tertiary alicyclic amines) is 1. The van der Waals surface area contributed by atoms with Gasteiger partial charge >= 0.3 is 0 Å². The van der Waals surface area contributed by atoms with E-state index < -0.39 is 0 Å². The number of carbonyl (C=O) groups excluding carboxylic acids is 1. The van der Waals surface area contributed by atoms with Crippen LogP contribution in [-0.4, -0.2) is 44.9 Å². The van der Waals surface area contributed by atoms with Crippen LogP contribution in [0.3, 0.4) is 0 Å². The van der Waals surface area contributed by atoms with Crippen LogP contribution in [0.1, 0.15) is 34.8 Å². The Kier molecular flexibility index (Phi) is 7.36. The largest absolute Gasteiger partial charge is 0.447 e. The van der Waals surface area contributed by atoms with Gasteiger partial charge in [0.25, 0.3) is 5.91 Å². The summed E-state index contributed by atoms with van der Waals surface area (Å²) < 4.78 is 18.5. The molecule has 0 radical (unpaired) electrons. The van der Waals surface area contributed by atoms with E-state index >= 15 is 0 Å². The summed E-state index contributed by atoms with van der Waals surface area (Å²) in [6.07, 6.45) is 5.21. The topological polar surface area (TPSA) is 108 Å². The van der Waals surface area contributed by atoms with E-state index in [0.29, 0.717) is 36.3 Å². The molecule has 1 aliphatic rings. The molecule has 3 N–H and O–H groups in total. The fourth-order valence-corrected chi connectivity index (χ4v) is 4.22. The van der Waals surface area contributed by atoms with Crippen molar-refractivity contribution in [3.63, 3.8) is 0 Å². The number of aromatic nitrogens is 3. The molecule has 1 atom stereocenters. The smallest absolute Gasteiger partial charge is 0.253 e. The Morgan fingerprint density at radius 1 is 1.05 bits per heavy atom. The van der Waals surface area contributed by atoms with Crippen molar-refractivity contribution in [2.24, 2.45) is 0 Å². The van der Waals surface area contributed by atoms with Crippen LogP contribution in [0.5, 0.6) is 0 Å². The van der Waals surface area contributed by atoms with Crippen molar-refractivity contribution >= 4 is 29.0 Å². The van der Waals surface area contributed by atoms with Crippen LogP contribution in [-0.2, 0) is 6.54 Å². The number of piperidine rings is 1. The first-order valence-corrected chi connectivity index (χ1v) is 12.2. The molecule has 5 rings (SSSR count). The summed E-state index contributed by atoms with van der Waals surface area (Å²) in [7, 11) is 0. The van der Waals surface area contributed by atoms with Crippen molar-refractivity contribution in [3.05, 3.63) is 90.0 Å². The molecule has 0 saturated carbocycles. The summed E-state index contributed by atoms with van der Waals surface area (Å²) in [6, 6.07) is 15.2. The first kappa shape index (κ1) is 24.4. The lowest BCUT2D eigenvalue weighted by atomic mass is 10.0. The number of hydrogen-bond acceptors (Lipinski definition) is 8. The minimum atomic E-state index is -0.299. The average Bonchev–Trinajstić information content (AvgIpc) is 3.34. The van der Waals surface area contributed by atoms with Gasteiger partial charge in [0.2, 0.25) is 11.8 Å². The molecule has 4 aromatic rings. The van der Waals surface area contributed by atoms with E-state index in [-0.39, 0.29) is 17.8 Å². The molecule has 1 amide bonds. The lowest BCUT2D eigenvalue weighted by Crippen LogP contribution is -2.47. The zero-order valence-electron chi connectivity index (χ0n) is 20.4. The molecule has 1 unspecified atom stereocenters. The maximum Gasteiger partial charge on any atom is 0.253 e. The van der Waals surface area contributed by atoms with E-state index in [2.05, 4.69) is 30.9 Å². The summed E-state index contributed by atoms with van der Waals surface area (Å²) in [5, 5.41) is 9.72. The van der Waals surface area contributed by atoms with Gasteiger partial charge in [0.1, 0.15) is 17.9 Å². The van der Waals surface area contributed by atoms with Gasteiger partial charge in [-0.3, -0.25) is 4.79 Å².